The first-order valence-electron chi connectivity index (χ1n) is 9.20. The van der Waals surface area contributed by atoms with E-state index >= 15 is 0 Å². The molecule has 0 saturated heterocycles. The molecule has 1 saturated carbocycles. The molecule has 8 nitrogen and oxygen atoms in total. The SMILES string of the molecule is Cl.O=C(CNC(=O)c1c(Cl)cccc1[N+](=O)[O-])NCCNC1CCCCCC1. The third-order valence-electron chi connectivity index (χ3n) is 4.56. The maximum Gasteiger partial charge on any atom is 0.283 e. The average molecular weight is 433 g/mol. The van der Waals surface area contributed by atoms with Gasteiger partial charge >= 0.3 is 0 Å². The minimum atomic E-state index is -0.751. The molecule has 0 aromatic heterocycles. The fraction of sp³-hybridized carbons (Fsp3) is 0.556. The molecule has 1 aliphatic rings. The summed E-state index contributed by atoms with van der Waals surface area (Å²) < 4.78 is 0. The highest BCUT2D eigenvalue weighted by atomic mass is 35.5. The van der Waals surface area contributed by atoms with Crippen LogP contribution in [0.4, 0.5) is 5.69 Å². The lowest BCUT2D eigenvalue weighted by atomic mass is 10.1. The lowest BCUT2D eigenvalue weighted by Gasteiger charge is -2.16. The van der Waals surface area contributed by atoms with Crippen LogP contribution in [0, 0.1) is 10.1 Å². The molecule has 3 N–H and O–H groups in total. The zero-order chi connectivity index (χ0) is 19.6. The number of carbonyl (C=O) groups is 2. The van der Waals surface area contributed by atoms with Gasteiger partial charge in [-0.15, -0.1) is 12.4 Å². The van der Waals surface area contributed by atoms with Crippen LogP contribution in [0.2, 0.25) is 5.02 Å². The van der Waals surface area contributed by atoms with Crippen LogP contribution in [0.5, 0.6) is 0 Å². The second kappa shape index (κ2) is 12.5. The Kier molecular flexibility index (Phi) is 10.8. The Bertz CT molecular complexity index is 680. The smallest absolute Gasteiger partial charge is 0.283 e. The van der Waals surface area contributed by atoms with Crippen LogP contribution in [-0.2, 0) is 4.79 Å². The van der Waals surface area contributed by atoms with Gasteiger partial charge in [0.05, 0.1) is 16.5 Å². The molecule has 0 bridgehead atoms. The number of nitrogens with one attached hydrogen (secondary N) is 3. The second-order valence-electron chi connectivity index (χ2n) is 6.57. The predicted octanol–water partition coefficient (Wildman–Crippen LogP) is 2.83. The summed E-state index contributed by atoms with van der Waals surface area (Å²) in [4.78, 5) is 34.4. The van der Waals surface area contributed by atoms with E-state index in [-0.39, 0.29) is 35.4 Å². The van der Waals surface area contributed by atoms with E-state index in [1.165, 1.54) is 56.7 Å². The van der Waals surface area contributed by atoms with Gasteiger partial charge in [0.25, 0.3) is 11.6 Å². The number of amides is 2. The van der Waals surface area contributed by atoms with E-state index in [0.717, 1.165) is 0 Å². The minimum Gasteiger partial charge on any atom is -0.353 e. The number of hydrogen-bond acceptors (Lipinski definition) is 5. The number of hydrogen-bond donors (Lipinski definition) is 3. The van der Waals surface area contributed by atoms with Crippen molar-refractivity contribution >= 4 is 41.5 Å². The van der Waals surface area contributed by atoms with Crippen molar-refractivity contribution in [3.05, 3.63) is 38.9 Å². The molecule has 0 unspecified atom stereocenters. The summed E-state index contributed by atoms with van der Waals surface area (Å²) in [7, 11) is 0. The fourth-order valence-electron chi connectivity index (χ4n) is 3.16. The van der Waals surface area contributed by atoms with E-state index in [1.807, 2.05) is 0 Å². The summed E-state index contributed by atoms with van der Waals surface area (Å²) in [6.07, 6.45) is 7.39. The van der Waals surface area contributed by atoms with E-state index in [0.29, 0.717) is 19.1 Å². The van der Waals surface area contributed by atoms with E-state index in [9.17, 15) is 19.7 Å². The molecule has 10 heteroatoms. The number of nitrogens with zero attached hydrogens (tertiary/aromatic N) is 1. The maximum atomic E-state index is 12.2. The highest BCUT2D eigenvalue weighted by Gasteiger charge is 2.23. The van der Waals surface area contributed by atoms with Crippen molar-refractivity contribution in [1.82, 2.24) is 16.0 Å². The number of benzene rings is 1. The highest BCUT2D eigenvalue weighted by molar-refractivity contribution is 6.34. The quantitative estimate of drug-likeness (QED) is 0.253. The number of rotatable bonds is 8. The minimum absolute atomic E-state index is 0. The van der Waals surface area contributed by atoms with E-state index in [4.69, 9.17) is 11.6 Å². The molecule has 0 atom stereocenters. The lowest BCUT2D eigenvalue weighted by molar-refractivity contribution is -0.385. The first-order chi connectivity index (χ1) is 13.0. The number of nitro groups is 1. The van der Waals surface area contributed by atoms with Gasteiger partial charge in [-0.3, -0.25) is 19.7 Å². The van der Waals surface area contributed by atoms with Crippen molar-refractivity contribution < 1.29 is 14.5 Å². The molecule has 1 aromatic carbocycles. The van der Waals surface area contributed by atoms with Gasteiger partial charge in [-0.2, -0.15) is 0 Å². The molecule has 28 heavy (non-hydrogen) atoms. The maximum absolute atomic E-state index is 12.2. The van der Waals surface area contributed by atoms with Crippen LogP contribution in [0.15, 0.2) is 18.2 Å². The molecule has 1 aliphatic carbocycles. The third-order valence-corrected chi connectivity index (χ3v) is 4.88. The molecule has 0 radical (unpaired) electrons. The Balaban J connectivity index is 0.00000392. The monoisotopic (exact) mass is 432 g/mol. The molecule has 2 amide bonds. The van der Waals surface area contributed by atoms with Crippen LogP contribution in [0.3, 0.4) is 0 Å². The molecule has 156 valence electrons. The van der Waals surface area contributed by atoms with E-state index in [1.54, 1.807) is 0 Å². The van der Waals surface area contributed by atoms with Gasteiger partial charge in [0.15, 0.2) is 0 Å². The van der Waals surface area contributed by atoms with Crippen molar-refractivity contribution in [3.8, 4) is 0 Å². The normalized spacial score (nSPS) is 14.5. The van der Waals surface area contributed by atoms with Crippen LogP contribution in [0.1, 0.15) is 48.9 Å². The number of carbonyl (C=O) groups excluding carboxylic acids is 2. The van der Waals surface area contributed by atoms with Crippen LogP contribution >= 0.6 is 24.0 Å². The first-order valence-corrected chi connectivity index (χ1v) is 9.58. The Labute approximate surface area is 175 Å². The average Bonchev–Trinajstić information content (AvgIpc) is 2.91. The molecular formula is C18H26Cl2N4O4. The summed E-state index contributed by atoms with van der Waals surface area (Å²) in [6.45, 7) is 0.850. The second-order valence-corrected chi connectivity index (χ2v) is 6.97. The summed E-state index contributed by atoms with van der Waals surface area (Å²) in [5.41, 5.74) is -0.639. The van der Waals surface area contributed by atoms with Gasteiger partial charge in [-0.1, -0.05) is 43.4 Å². The van der Waals surface area contributed by atoms with Crippen LogP contribution in [-0.4, -0.2) is 42.4 Å². The van der Waals surface area contributed by atoms with Gasteiger partial charge in [0, 0.05) is 25.2 Å². The third kappa shape index (κ3) is 7.61. The summed E-state index contributed by atoms with van der Waals surface area (Å²) in [6, 6.07) is 4.48. The Morgan fingerprint density at radius 2 is 1.79 bits per heavy atom. The molecule has 0 heterocycles. The van der Waals surface area contributed by atoms with Crippen molar-refractivity contribution in [2.24, 2.45) is 0 Å². The van der Waals surface area contributed by atoms with Gasteiger partial charge in [0.1, 0.15) is 5.56 Å². The molecule has 0 aliphatic heterocycles. The first kappa shape index (κ1) is 24.1. The standard InChI is InChI=1S/C18H25ClN4O4.ClH/c19-14-8-5-9-15(23(26)27)17(14)18(25)22-12-16(24)21-11-10-20-13-6-3-1-2-4-7-13;/h5,8-9,13,20H,1-4,6-7,10-12H2,(H,21,24)(H,22,25);1H. The molecule has 1 fully saturated rings. The highest BCUT2D eigenvalue weighted by Crippen LogP contribution is 2.25. The van der Waals surface area contributed by atoms with E-state index < -0.39 is 16.5 Å². The topological polar surface area (TPSA) is 113 Å². The van der Waals surface area contributed by atoms with Crippen molar-refractivity contribution in [2.45, 2.75) is 44.6 Å². The number of halogens is 2. The van der Waals surface area contributed by atoms with Crippen molar-refractivity contribution in [1.29, 1.82) is 0 Å². The predicted molar refractivity (Wildman–Crippen MR) is 110 cm³/mol. The Morgan fingerprint density at radius 1 is 1.11 bits per heavy atom. The molecule has 0 spiro atoms. The summed E-state index contributed by atoms with van der Waals surface area (Å²) in [5, 5.41) is 19.5. The Morgan fingerprint density at radius 3 is 2.43 bits per heavy atom. The van der Waals surface area contributed by atoms with Gasteiger partial charge in [0.2, 0.25) is 5.91 Å². The van der Waals surface area contributed by atoms with Gasteiger partial charge in [-0.25, -0.2) is 0 Å². The van der Waals surface area contributed by atoms with Gasteiger partial charge < -0.3 is 16.0 Å². The van der Waals surface area contributed by atoms with Crippen molar-refractivity contribution in [3.63, 3.8) is 0 Å². The lowest BCUT2D eigenvalue weighted by Crippen LogP contribution is -2.41. The summed E-state index contributed by atoms with van der Waals surface area (Å²) in [5.74, 6) is -1.11. The summed E-state index contributed by atoms with van der Waals surface area (Å²) >= 11 is 5.90. The zero-order valence-electron chi connectivity index (χ0n) is 15.5. The molecular weight excluding hydrogens is 407 g/mol. The van der Waals surface area contributed by atoms with Crippen molar-refractivity contribution in [2.75, 3.05) is 19.6 Å². The molecule has 2 rings (SSSR count). The van der Waals surface area contributed by atoms with Crippen LogP contribution in [0.25, 0.3) is 0 Å². The Hall–Kier alpha value is -1.90. The van der Waals surface area contributed by atoms with Gasteiger partial charge in [-0.05, 0) is 18.9 Å². The van der Waals surface area contributed by atoms with Crippen LogP contribution < -0.4 is 16.0 Å². The fourth-order valence-corrected chi connectivity index (χ4v) is 3.42. The number of nitro benzene ring substituents is 1. The van der Waals surface area contributed by atoms with E-state index in [2.05, 4.69) is 16.0 Å². The molecule has 1 aromatic rings. The zero-order valence-corrected chi connectivity index (χ0v) is 17.1. The largest absolute Gasteiger partial charge is 0.353 e.